The molecule has 10 heteroatoms. The van der Waals surface area contributed by atoms with Gasteiger partial charge in [0.1, 0.15) is 17.6 Å². The minimum absolute atomic E-state index is 0.143. The van der Waals surface area contributed by atoms with Gasteiger partial charge >= 0.3 is 0 Å². The van der Waals surface area contributed by atoms with Crippen molar-refractivity contribution in [1.29, 1.82) is 10.8 Å². The summed E-state index contributed by atoms with van der Waals surface area (Å²) >= 11 is 0. The summed E-state index contributed by atoms with van der Waals surface area (Å²) in [7, 11) is 0. The third kappa shape index (κ3) is 4.20. The Bertz CT molecular complexity index is 1140. The number of fused-ring (bicyclic) bond motifs is 1. The number of anilines is 2. The van der Waals surface area contributed by atoms with Gasteiger partial charge in [-0.3, -0.25) is 0 Å². The van der Waals surface area contributed by atoms with Crippen molar-refractivity contribution in [3.05, 3.63) is 41.9 Å². The third-order valence-corrected chi connectivity index (χ3v) is 4.27. The van der Waals surface area contributed by atoms with Gasteiger partial charge in [-0.15, -0.1) is 0 Å². The third-order valence-electron chi connectivity index (χ3n) is 4.27. The normalized spacial score (nSPS) is 11.5. The zero-order valence-electron chi connectivity index (χ0n) is 17.1. The highest BCUT2D eigenvalue weighted by Crippen LogP contribution is 2.28. The summed E-state index contributed by atoms with van der Waals surface area (Å²) in [6.07, 6.45) is 5.95. The number of nitriles is 1. The molecule has 5 N–H and O–H groups in total. The molecule has 0 saturated carbocycles. The van der Waals surface area contributed by atoms with Gasteiger partial charge in [0.25, 0.3) is 0 Å². The number of aromatic nitrogens is 4. The number of nitrogens with one attached hydrogen (secondary N) is 3. The van der Waals surface area contributed by atoms with E-state index in [0.717, 1.165) is 18.7 Å². The molecule has 0 saturated heterocycles. The van der Waals surface area contributed by atoms with Crippen LogP contribution in [-0.4, -0.2) is 32.3 Å². The van der Waals surface area contributed by atoms with Gasteiger partial charge in [0, 0.05) is 47.7 Å². The first-order chi connectivity index (χ1) is 14.5. The van der Waals surface area contributed by atoms with E-state index in [1.54, 1.807) is 29.3 Å². The van der Waals surface area contributed by atoms with E-state index in [9.17, 15) is 0 Å². The first-order valence-electron chi connectivity index (χ1n) is 9.61. The largest absolute Gasteiger partial charge is 0.389 e. The van der Waals surface area contributed by atoms with Crippen molar-refractivity contribution in [1.82, 2.24) is 25.1 Å². The van der Waals surface area contributed by atoms with Crippen LogP contribution in [0.4, 0.5) is 11.5 Å². The van der Waals surface area contributed by atoms with E-state index >= 15 is 0 Å². The average Bonchev–Trinajstić information content (AvgIpc) is 3.13. The molecule has 3 rings (SSSR count). The zero-order chi connectivity index (χ0) is 21.7. The second kappa shape index (κ2) is 9.00. The Morgan fingerprint density at radius 3 is 2.87 bits per heavy atom. The molecular formula is C20H24N10. The lowest BCUT2D eigenvalue weighted by molar-refractivity contribution is 0.808. The molecule has 3 heterocycles. The Balaban J connectivity index is 2.10. The van der Waals surface area contributed by atoms with E-state index in [1.807, 2.05) is 26.0 Å². The number of hydrogen-bond acceptors (Lipinski definition) is 9. The molecule has 154 valence electrons. The number of nitrogens with two attached hydrogens (primary N) is 1. The van der Waals surface area contributed by atoms with Gasteiger partial charge < -0.3 is 16.4 Å². The van der Waals surface area contributed by atoms with Gasteiger partial charge in [-0.2, -0.15) is 20.2 Å². The Labute approximate surface area is 174 Å². The van der Waals surface area contributed by atoms with Crippen LogP contribution in [0, 0.1) is 16.9 Å². The molecule has 0 aliphatic heterocycles. The molecule has 3 aromatic rings. The van der Waals surface area contributed by atoms with E-state index in [-0.39, 0.29) is 11.9 Å². The van der Waals surface area contributed by atoms with Gasteiger partial charge in [0.15, 0.2) is 11.5 Å². The molecule has 0 fully saturated rings. The number of rotatable bonds is 8. The fraction of sp³-hybridized carbons (Fsp3) is 0.300. The van der Waals surface area contributed by atoms with E-state index in [1.165, 1.54) is 0 Å². The van der Waals surface area contributed by atoms with Crippen LogP contribution >= 0.6 is 0 Å². The fourth-order valence-corrected chi connectivity index (χ4v) is 2.91. The van der Waals surface area contributed by atoms with E-state index in [0.29, 0.717) is 33.7 Å². The van der Waals surface area contributed by atoms with Gasteiger partial charge in [-0.1, -0.05) is 6.92 Å². The predicted octanol–water partition coefficient (Wildman–Crippen LogP) is 3.42. The minimum atomic E-state index is 0.143. The summed E-state index contributed by atoms with van der Waals surface area (Å²) in [6.45, 7) is 6.90. The van der Waals surface area contributed by atoms with Crippen molar-refractivity contribution in [3.63, 3.8) is 0 Å². The summed E-state index contributed by atoms with van der Waals surface area (Å²) in [5.74, 6) is 0.670. The molecule has 30 heavy (non-hydrogen) atoms. The first-order valence-corrected chi connectivity index (χ1v) is 9.61. The Kier molecular flexibility index (Phi) is 6.22. The smallest absolute Gasteiger partial charge is 0.167 e. The summed E-state index contributed by atoms with van der Waals surface area (Å²) < 4.78 is 1.57. The first kappa shape index (κ1) is 20.7. The van der Waals surface area contributed by atoms with Gasteiger partial charge in [-0.25, -0.2) is 15.5 Å². The Morgan fingerprint density at radius 2 is 2.20 bits per heavy atom. The van der Waals surface area contributed by atoms with Crippen molar-refractivity contribution in [3.8, 4) is 11.9 Å². The maximum Gasteiger partial charge on any atom is 0.167 e. The standard InChI is InChI=1S/C20H24N10/c1-4-5-24-11-17(29-23)15-10-25-18(7-16(15)27-12(2)3)30-20-14(9-26-30)6-13(8-21)19(22)28-20/h6-7,9-12,23-24H,4-5H2,1-3H3,(H2,22,28)(H,25,27)/b17-11-,29-23?. The van der Waals surface area contributed by atoms with Crippen molar-refractivity contribution >= 4 is 28.2 Å². The van der Waals surface area contributed by atoms with Crippen molar-refractivity contribution < 1.29 is 0 Å². The van der Waals surface area contributed by atoms with Gasteiger partial charge in [-0.05, 0) is 26.3 Å². The topological polar surface area (TPSA) is 154 Å². The molecule has 0 aliphatic carbocycles. The lowest BCUT2D eigenvalue weighted by atomic mass is 10.1. The molecule has 0 atom stereocenters. The molecule has 0 bridgehead atoms. The van der Waals surface area contributed by atoms with Crippen LogP contribution in [-0.2, 0) is 0 Å². The highest BCUT2D eigenvalue weighted by molar-refractivity contribution is 5.81. The monoisotopic (exact) mass is 404 g/mol. The van der Waals surface area contributed by atoms with Gasteiger partial charge in [0.05, 0.1) is 11.8 Å². The number of hydrogen-bond donors (Lipinski definition) is 4. The Morgan fingerprint density at radius 1 is 1.40 bits per heavy atom. The summed E-state index contributed by atoms with van der Waals surface area (Å²) in [5, 5.41) is 24.4. The molecule has 10 nitrogen and oxygen atoms in total. The van der Waals surface area contributed by atoms with Gasteiger partial charge in [0.2, 0.25) is 0 Å². The number of nitrogen functional groups attached to an aromatic ring is 1. The molecule has 0 unspecified atom stereocenters. The molecule has 0 amide bonds. The molecule has 3 aromatic heterocycles. The number of pyridine rings is 2. The highest BCUT2D eigenvalue weighted by atomic mass is 15.3. The Hall–Kier alpha value is -4.00. The second-order valence-corrected chi connectivity index (χ2v) is 6.98. The second-order valence-electron chi connectivity index (χ2n) is 6.98. The molecule has 0 aromatic carbocycles. The minimum Gasteiger partial charge on any atom is -0.389 e. The maximum absolute atomic E-state index is 9.15. The molecule has 0 radical (unpaired) electrons. The van der Waals surface area contributed by atoms with Crippen molar-refractivity contribution in [2.75, 3.05) is 17.6 Å². The zero-order valence-corrected chi connectivity index (χ0v) is 17.1. The summed E-state index contributed by atoms with van der Waals surface area (Å²) in [4.78, 5) is 8.83. The van der Waals surface area contributed by atoms with Crippen LogP contribution in [0.25, 0.3) is 22.5 Å². The summed E-state index contributed by atoms with van der Waals surface area (Å²) in [5.41, 5.74) is 16.2. The van der Waals surface area contributed by atoms with Crippen LogP contribution in [0.5, 0.6) is 0 Å². The van der Waals surface area contributed by atoms with Crippen molar-refractivity contribution in [2.45, 2.75) is 33.2 Å². The molecule has 0 aliphatic rings. The van der Waals surface area contributed by atoms with E-state index in [2.05, 4.69) is 37.7 Å². The fourth-order valence-electron chi connectivity index (χ4n) is 2.91. The summed E-state index contributed by atoms with van der Waals surface area (Å²) in [6, 6.07) is 5.66. The number of nitrogens with zero attached hydrogens (tertiary/aromatic N) is 6. The quantitative estimate of drug-likeness (QED) is 0.331. The van der Waals surface area contributed by atoms with Crippen molar-refractivity contribution in [2.24, 2.45) is 5.11 Å². The van der Waals surface area contributed by atoms with Crippen LogP contribution in [0.1, 0.15) is 38.3 Å². The SMILES string of the molecule is CCCN/C=C(\N=N)c1cnc(-n2ncc3cc(C#N)c(N)nc32)cc1NC(C)C. The van der Waals surface area contributed by atoms with E-state index < -0.39 is 0 Å². The molecular weight excluding hydrogens is 380 g/mol. The lowest BCUT2D eigenvalue weighted by Crippen LogP contribution is -2.13. The molecule has 0 spiro atoms. The maximum atomic E-state index is 9.15. The average molecular weight is 404 g/mol. The van der Waals surface area contributed by atoms with Crippen LogP contribution in [0.2, 0.25) is 0 Å². The predicted molar refractivity (Wildman–Crippen MR) is 116 cm³/mol. The van der Waals surface area contributed by atoms with E-state index in [4.69, 9.17) is 16.5 Å². The van der Waals surface area contributed by atoms with Crippen LogP contribution in [0.3, 0.4) is 0 Å². The lowest BCUT2D eigenvalue weighted by Gasteiger charge is -2.16. The highest BCUT2D eigenvalue weighted by Gasteiger charge is 2.15. The van der Waals surface area contributed by atoms with Crippen LogP contribution in [0.15, 0.2) is 35.8 Å². The van der Waals surface area contributed by atoms with Crippen LogP contribution < -0.4 is 16.4 Å².